The van der Waals surface area contributed by atoms with Crippen LogP contribution in [-0.2, 0) is 4.79 Å². The van der Waals surface area contributed by atoms with Crippen LogP contribution in [0.5, 0.6) is 0 Å². The average Bonchev–Trinajstić information content (AvgIpc) is 2.37. The SMILES string of the molecule is CCCNc1cncc(N2CCNC(=O)C2)n1. The highest BCUT2D eigenvalue weighted by atomic mass is 16.2. The second-order valence-corrected chi connectivity index (χ2v) is 3.96. The third-order valence-electron chi connectivity index (χ3n) is 2.54. The molecule has 1 fully saturated rings. The Hall–Kier alpha value is -1.85. The first-order chi connectivity index (χ1) is 8.29. The fourth-order valence-electron chi connectivity index (χ4n) is 1.68. The molecule has 0 saturated carbocycles. The average molecular weight is 235 g/mol. The van der Waals surface area contributed by atoms with Crippen LogP contribution in [0.4, 0.5) is 11.6 Å². The molecule has 6 heteroatoms. The van der Waals surface area contributed by atoms with Gasteiger partial charge in [-0.3, -0.25) is 9.78 Å². The Labute approximate surface area is 100 Å². The zero-order valence-electron chi connectivity index (χ0n) is 9.94. The zero-order valence-corrected chi connectivity index (χ0v) is 9.94. The van der Waals surface area contributed by atoms with Gasteiger partial charge in [-0.15, -0.1) is 0 Å². The standard InChI is InChI=1S/C11H17N5O/c1-2-3-13-9-6-12-7-10(15-9)16-5-4-14-11(17)8-16/h6-7H,2-5,8H2,1H3,(H,13,15)(H,14,17). The molecule has 6 nitrogen and oxygen atoms in total. The van der Waals surface area contributed by atoms with Crippen LogP contribution in [0.1, 0.15) is 13.3 Å². The van der Waals surface area contributed by atoms with E-state index in [-0.39, 0.29) is 5.91 Å². The van der Waals surface area contributed by atoms with Crippen molar-refractivity contribution in [2.75, 3.05) is 36.4 Å². The van der Waals surface area contributed by atoms with Crippen molar-refractivity contribution in [2.24, 2.45) is 0 Å². The number of carbonyl (C=O) groups is 1. The van der Waals surface area contributed by atoms with E-state index in [0.29, 0.717) is 13.1 Å². The highest BCUT2D eigenvalue weighted by Gasteiger charge is 2.17. The number of aromatic nitrogens is 2. The van der Waals surface area contributed by atoms with Gasteiger partial charge in [0.2, 0.25) is 5.91 Å². The summed E-state index contributed by atoms with van der Waals surface area (Å²) < 4.78 is 0. The van der Waals surface area contributed by atoms with Crippen molar-refractivity contribution in [2.45, 2.75) is 13.3 Å². The molecule has 0 aromatic carbocycles. The molecule has 17 heavy (non-hydrogen) atoms. The molecule has 0 atom stereocenters. The molecule has 2 rings (SSSR count). The van der Waals surface area contributed by atoms with Crippen LogP contribution in [0, 0.1) is 0 Å². The fraction of sp³-hybridized carbons (Fsp3) is 0.545. The molecular weight excluding hydrogens is 218 g/mol. The van der Waals surface area contributed by atoms with Gasteiger partial charge >= 0.3 is 0 Å². The number of nitrogens with one attached hydrogen (secondary N) is 2. The lowest BCUT2D eigenvalue weighted by molar-refractivity contribution is -0.120. The summed E-state index contributed by atoms with van der Waals surface area (Å²) in [6, 6.07) is 0. The maximum atomic E-state index is 11.3. The van der Waals surface area contributed by atoms with Crippen LogP contribution in [0.25, 0.3) is 0 Å². The van der Waals surface area contributed by atoms with Crippen molar-refractivity contribution in [1.29, 1.82) is 0 Å². The molecule has 0 radical (unpaired) electrons. The van der Waals surface area contributed by atoms with E-state index in [0.717, 1.165) is 31.1 Å². The highest BCUT2D eigenvalue weighted by molar-refractivity contribution is 5.82. The van der Waals surface area contributed by atoms with Crippen molar-refractivity contribution in [3.05, 3.63) is 12.4 Å². The number of amides is 1. The predicted octanol–water partition coefficient (Wildman–Crippen LogP) is 0.235. The molecule has 2 heterocycles. The van der Waals surface area contributed by atoms with Crippen LogP contribution in [0.3, 0.4) is 0 Å². The Morgan fingerprint density at radius 3 is 3.18 bits per heavy atom. The van der Waals surface area contributed by atoms with E-state index in [4.69, 9.17) is 0 Å². The van der Waals surface area contributed by atoms with E-state index < -0.39 is 0 Å². The molecule has 1 aromatic heterocycles. The first kappa shape index (κ1) is 11.6. The Bertz CT molecular complexity index is 395. The zero-order chi connectivity index (χ0) is 12.1. The molecule has 2 N–H and O–H groups in total. The largest absolute Gasteiger partial charge is 0.369 e. The summed E-state index contributed by atoms with van der Waals surface area (Å²) in [7, 11) is 0. The van der Waals surface area contributed by atoms with Gasteiger partial charge in [-0.05, 0) is 6.42 Å². The number of anilines is 2. The lowest BCUT2D eigenvalue weighted by Crippen LogP contribution is -2.48. The molecule has 92 valence electrons. The van der Waals surface area contributed by atoms with Gasteiger partial charge in [-0.1, -0.05) is 6.92 Å². The molecule has 0 bridgehead atoms. The third kappa shape index (κ3) is 3.05. The number of nitrogens with zero attached hydrogens (tertiary/aromatic N) is 3. The summed E-state index contributed by atoms with van der Waals surface area (Å²) in [5.74, 6) is 1.54. The van der Waals surface area contributed by atoms with Crippen molar-refractivity contribution >= 4 is 17.5 Å². The van der Waals surface area contributed by atoms with Gasteiger partial charge in [0, 0.05) is 19.6 Å². The first-order valence-corrected chi connectivity index (χ1v) is 5.87. The van der Waals surface area contributed by atoms with Gasteiger partial charge in [0.15, 0.2) is 0 Å². The van der Waals surface area contributed by atoms with Crippen LogP contribution in [-0.4, -0.2) is 42.1 Å². The van der Waals surface area contributed by atoms with Gasteiger partial charge in [0.25, 0.3) is 0 Å². The second-order valence-electron chi connectivity index (χ2n) is 3.96. The van der Waals surface area contributed by atoms with E-state index in [9.17, 15) is 4.79 Å². The van der Waals surface area contributed by atoms with E-state index in [1.165, 1.54) is 0 Å². The predicted molar refractivity (Wildman–Crippen MR) is 66.0 cm³/mol. The summed E-state index contributed by atoms with van der Waals surface area (Å²) in [4.78, 5) is 21.8. The molecule has 0 spiro atoms. The maximum absolute atomic E-state index is 11.3. The van der Waals surface area contributed by atoms with Crippen LogP contribution in [0.15, 0.2) is 12.4 Å². The molecule has 1 amide bonds. The highest BCUT2D eigenvalue weighted by Crippen LogP contribution is 2.12. The van der Waals surface area contributed by atoms with Gasteiger partial charge in [0.1, 0.15) is 11.6 Å². The molecular formula is C11H17N5O. The quantitative estimate of drug-likeness (QED) is 0.782. The number of hydrogen-bond acceptors (Lipinski definition) is 5. The fourth-order valence-corrected chi connectivity index (χ4v) is 1.68. The third-order valence-corrected chi connectivity index (χ3v) is 2.54. The van der Waals surface area contributed by atoms with Crippen molar-refractivity contribution in [1.82, 2.24) is 15.3 Å². The van der Waals surface area contributed by atoms with Crippen molar-refractivity contribution in [3.63, 3.8) is 0 Å². The topological polar surface area (TPSA) is 70.2 Å². The molecule has 0 unspecified atom stereocenters. The smallest absolute Gasteiger partial charge is 0.239 e. The monoisotopic (exact) mass is 235 g/mol. The number of piperazine rings is 1. The minimum atomic E-state index is 0.0324. The molecule has 1 saturated heterocycles. The minimum absolute atomic E-state index is 0.0324. The maximum Gasteiger partial charge on any atom is 0.239 e. The summed E-state index contributed by atoms with van der Waals surface area (Å²) in [6.07, 6.45) is 4.43. The Balaban J connectivity index is 2.06. The van der Waals surface area contributed by atoms with E-state index in [1.807, 2.05) is 4.90 Å². The summed E-state index contributed by atoms with van der Waals surface area (Å²) >= 11 is 0. The molecule has 1 aliphatic rings. The van der Waals surface area contributed by atoms with Crippen LogP contribution in [0.2, 0.25) is 0 Å². The van der Waals surface area contributed by atoms with E-state index >= 15 is 0 Å². The molecule has 1 aliphatic heterocycles. The first-order valence-electron chi connectivity index (χ1n) is 5.87. The summed E-state index contributed by atoms with van der Waals surface area (Å²) in [5, 5.41) is 5.97. The normalized spacial score (nSPS) is 15.6. The van der Waals surface area contributed by atoms with Crippen molar-refractivity contribution in [3.8, 4) is 0 Å². The molecule has 1 aromatic rings. The Morgan fingerprint density at radius 2 is 2.41 bits per heavy atom. The Morgan fingerprint density at radius 1 is 1.53 bits per heavy atom. The van der Waals surface area contributed by atoms with Gasteiger partial charge < -0.3 is 15.5 Å². The Kier molecular flexibility index (Phi) is 3.74. The minimum Gasteiger partial charge on any atom is -0.369 e. The number of rotatable bonds is 4. The van der Waals surface area contributed by atoms with Crippen LogP contribution < -0.4 is 15.5 Å². The lowest BCUT2D eigenvalue weighted by Gasteiger charge is -2.27. The second kappa shape index (κ2) is 5.47. The van der Waals surface area contributed by atoms with Crippen LogP contribution >= 0.6 is 0 Å². The van der Waals surface area contributed by atoms with E-state index in [2.05, 4.69) is 27.5 Å². The van der Waals surface area contributed by atoms with Gasteiger partial charge in [0.05, 0.1) is 18.9 Å². The van der Waals surface area contributed by atoms with E-state index in [1.54, 1.807) is 12.4 Å². The van der Waals surface area contributed by atoms with Gasteiger partial charge in [-0.25, -0.2) is 4.98 Å². The number of carbonyl (C=O) groups excluding carboxylic acids is 1. The lowest BCUT2D eigenvalue weighted by atomic mass is 10.3. The van der Waals surface area contributed by atoms with Crippen molar-refractivity contribution < 1.29 is 4.79 Å². The summed E-state index contributed by atoms with van der Waals surface area (Å²) in [5.41, 5.74) is 0. The van der Waals surface area contributed by atoms with Gasteiger partial charge in [-0.2, -0.15) is 0 Å². The number of hydrogen-bond donors (Lipinski definition) is 2. The molecule has 0 aliphatic carbocycles. The summed E-state index contributed by atoms with van der Waals surface area (Å²) in [6.45, 7) is 4.76.